The first-order chi connectivity index (χ1) is 18.6. The second-order valence-corrected chi connectivity index (χ2v) is 13.6. The van der Waals surface area contributed by atoms with Gasteiger partial charge >= 0.3 is 0 Å². The maximum atomic E-state index is 14.2. The van der Waals surface area contributed by atoms with Gasteiger partial charge in [-0.2, -0.15) is 0 Å². The molecule has 12 heteroatoms. The molecule has 1 aromatic heterocycles. The number of aliphatic imine (C=N–C) groups is 1. The minimum Gasteiger partial charge on any atom is -0.489 e. The molecule has 0 spiro atoms. The van der Waals surface area contributed by atoms with Gasteiger partial charge in [0, 0.05) is 54.1 Å². The van der Waals surface area contributed by atoms with Gasteiger partial charge in [-0.3, -0.25) is 4.79 Å². The van der Waals surface area contributed by atoms with Crippen LogP contribution in [-0.4, -0.2) is 57.5 Å². The van der Waals surface area contributed by atoms with E-state index in [0.29, 0.717) is 46.0 Å². The summed E-state index contributed by atoms with van der Waals surface area (Å²) in [5, 5.41) is 32.3. The van der Waals surface area contributed by atoms with Gasteiger partial charge in [0.1, 0.15) is 40.4 Å². The van der Waals surface area contributed by atoms with Crippen molar-refractivity contribution in [2.24, 2.45) is 16.5 Å². The average molecular weight is 580 g/mol. The van der Waals surface area contributed by atoms with Gasteiger partial charge < -0.3 is 40.7 Å². The highest BCUT2D eigenvalue weighted by molar-refractivity contribution is 8.76. The van der Waals surface area contributed by atoms with E-state index in [1.54, 1.807) is 35.4 Å². The Labute approximate surface area is 234 Å². The highest BCUT2D eigenvalue weighted by Gasteiger charge is 2.41. The van der Waals surface area contributed by atoms with Gasteiger partial charge in [0.2, 0.25) is 0 Å². The van der Waals surface area contributed by atoms with Crippen molar-refractivity contribution in [3.05, 3.63) is 32.7 Å². The van der Waals surface area contributed by atoms with E-state index in [1.165, 1.54) is 0 Å². The Kier molecular flexibility index (Phi) is 8.30. The number of nitrogens with two attached hydrogens (primary N) is 2. The average Bonchev–Trinajstić information content (AvgIpc) is 3.53. The topological polar surface area (TPSA) is 174 Å². The van der Waals surface area contributed by atoms with Crippen molar-refractivity contribution >= 4 is 38.5 Å². The maximum absolute atomic E-state index is 14.2. The molecule has 1 aliphatic carbocycles. The standard InChI is InChI=1S/C27H37N3O7S2/c1-27(2,34)19-10-16-22(36-19)17-12-39-38-11-13(30-26(28)29)9-18(32)23-15(7-8-31)21(33)20(25(17)37-23)24(16)35-14-5-3-4-6-14/h13-14,18-19,31-32,34H,3-12H2,1-2H3,(H4,28,29,30)/t13-,18-,19+/m1/s1. The van der Waals surface area contributed by atoms with Crippen LogP contribution in [0, 0.1) is 0 Å². The number of nitrogens with zero attached hydrogens (tertiary/aromatic N) is 1. The molecule has 3 atom stereocenters. The Morgan fingerprint density at radius 1 is 1.21 bits per heavy atom. The van der Waals surface area contributed by atoms with Crippen molar-refractivity contribution in [3.63, 3.8) is 0 Å². The normalized spacial score (nSPS) is 23.9. The first-order valence-corrected chi connectivity index (χ1v) is 15.9. The molecule has 2 aromatic rings. The number of aliphatic hydroxyl groups excluding tert-OH is 2. The van der Waals surface area contributed by atoms with Crippen LogP contribution in [0.4, 0.5) is 0 Å². The van der Waals surface area contributed by atoms with E-state index in [1.807, 2.05) is 0 Å². The van der Waals surface area contributed by atoms with Crippen LogP contribution in [-0.2, 0) is 18.6 Å². The highest BCUT2D eigenvalue weighted by atomic mass is 33.1. The quantitative estimate of drug-likeness (QED) is 0.193. The summed E-state index contributed by atoms with van der Waals surface area (Å²) in [4.78, 5) is 18.5. The SMILES string of the molecule is CC(C)(O)[C@@H]1Cc2c(c3c4oc(c(CCO)c(=O)c4c2OC2CCCC2)[C@H](O)C[C@@H](N=C(N)N)CSSC3)O1. The molecule has 39 heavy (non-hydrogen) atoms. The Hall–Kier alpha value is -2.12. The third-order valence-electron chi connectivity index (χ3n) is 7.62. The van der Waals surface area contributed by atoms with Crippen LogP contribution in [0.25, 0.3) is 11.0 Å². The Bertz CT molecular complexity index is 1310. The fraction of sp³-hybridized carbons (Fsp3) is 0.630. The van der Waals surface area contributed by atoms with Crippen molar-refractivity contribution in [1.82, 2.24) is 0 Å². The zero-order valence-corrected chi connectivity index (χ0v) is 23.9. The molecule has 0 unspecified atom stereocenters. The second kappa shape index (κ2) is 11.4. The molecule has 3 heterocycles. The molecule has 214 valence electrons. The zero-order chi connectivity index (χ0) is 27.9. The summed E-state index contributed by atoms with van der Waals surface area (Å²) in [6, 6.07) is -0.408. The molecular weight excluding hydrogens is 542 g/mol. The minimum absolute atomic E-state index is 0.0131. The molecule has 0 radical (unpaired) electrons. The predicted octanol–water partition coefficient (Wildman–Crippen LogP) is 2.68. The molecule has 1 saturated carbocycles. The molecule has 0 saturated heterocycles. The smallest absolute Gasteiger partial charge is 0.200 e. The van der Waals surface area contributed by atoms with Gasteiger partial charge in [0.25, 0.3) is 0 Å². The number of hydrogen-bond donors (Lipinski definition) is 5. The van der Waals surface area contributed by atoms with E-state index in [9.17, 15) is 20.1 Å². The third kappa shape index (κ3) is 5.72. The number of guanidine groups is 1. The Balaban J connectivity index is 1.77. The summed E-state index contributed by atoms with van der Waals surface area (Å²) < 4.78 is 19.4. The van der Waals surface area contributed by atoms with Gasteiger partial charge in [-0.1, -0.05) is 21.6 Å². The predicted molar refractivity (Wildman–Crippen MR) is 154 cm³/mol. The highest BCUT2D eigenvalue weighted by Crippen LogP contribution is 2.50. The van der Waals surface area contributed by atoms with E-state index in [0.717, 1.165) is 31.2 Å². The summed E-state index contributed by atoms with van der Waals surface area (Å²) in [5.74, 6) is 1.98. The van der Waals surface area contributed by atoms with E-state index in [4.69, 9.17) is 25.4 Å². The van der Waals surface area contributed by atoms with Crippen molar-refractivity contribution in [1.29, 1.82) is 0 Å². The molecule has 1 fully saturated rings. The molecular formula is C27H37N3O7S2. The van der Waals surface area contributed by atoms with Gasteiger partial charge in [-0.15, -0.1) is 0 Å². The number of aliphatic hydroxyl groups is 3. The monoisotopic (exact) mass is 579 g/mol. The van der Waals surface area contributed by atoms with Crippen LogP contribution in [0.5, 0.6) is 11.5 Å². The molecule has 2 aliphatic heterocycles. The second-order valence-electron chi connectivity index (χ2n) is 11.1. The van der Waals surface area contributed by atoms with Gasteiger partial charge in [0.05, 0.1) is 17.7 Å². The molecule has 10 nitrogen and oxygen atoms in total. The minimum atomic E-state index is -1.18. The van der Waals surface area contributed by atoms with Crippen molar-refractivity contribution in [2.45, 2.75) is 94.5 Å². The van der Waals surface area contributed by atoms with Crippen molar-refractivity contribution < 1.29 is 29.2 Å². The summed E-state index contributed by atoms with van der Waals surface area (Å²) in [6.07, 6.45) is 2.66. The number of fused-ring (bicyclic) bond motifs is 3. The van der Waals surface area contributed by atoms with Gasteiger partial charge in [-0.25, -0.2) is 4.99 Å². The number of hydrogen-bond acceptors (Lipinski definition) is 10. The molecule has 3 aliphatic rings. The zero-order valence-electron chi connectivity index (χ0n) is 22.3. The molecule has 2 bridgehead atoms. The summed E-state index contributed by atoms with van der Waals surface area (Å²) in [5.41, 5.74) is 11.8. The Morgan fingerprint density at radius 3 is 2.62 bits per heavy atom. The summed E-state index contributed by atoms with van der Waals surface area (Å²) >= 11 is 0. The summed E-state index contributed by atoms with van der Waals surface area (Å²) in [7, 11) is 3.10. The van der Waals surface area contributed by atoms with Crippen LogP contribution < -0.4 is 26.4 Å². The van der Waals surface area contributed by atoms with Crippen molar-refractivity contribution in [3.8, 4) is 11.5 Å². The van der Waals surface area contributed by atoms with Crippen LogP contribution in [0.15, 0.2) is 14.2 Å². The van der Waals surface area contributed by atoms with E-state index >= 15 is 0 Å². The number of ether oxygens (including phenoxy) is 2. The molecule has 1 aromatic carbocycles. The van der Waals surface area contributed by atoms with Gasteiger partial charge in [0.15, 0.2) is 11.4 Å². The van der Waals surface area contributed by atoms with E-state index in [2.05, 4.69) is 4.99 Å². The first-order valence-electron chi connectivity index (χ1n) is 13.4. The Morgan fingerprint density at radius 2 is 1.95 bits per heavy atom. The van der Waals surface area contributed by atoms with Crippen LogP contribution in [0.2, 0.25) is 0 Å². The first kappa shape index (κ1) is 28.4. The van der Waals surface area contributed by atoms with Crippen molar-refractivity contribution in [2.75, 3.05) is 12.4 Å². The van der Waals surface area contributed by atoms with Crippen LogP contribution in [0.3, 0.4) is 0 Å². The lowest BCUT2D eigenvalue weighted by molar-refractivity contribution is -0.0231. The maximum Gasteiger partial charge on any atom is 0.200 e. The largest absolute Gasteiger partial charge is 0.489 e. The fourth-order valence-electron chi connectivity index (χ4n) is 5.65. The third-order valence-corrected chi connectivity index (χ3v) is 9.98. The summed E-state index contributed by atoms with van der Waals surface area (Å²) in [6.45, 7) is 3.11. The molecule has 7 N–H and O–H groups in total. The number of benzene rings is 1. The lowest BCUT2D eigenvalue weighted by Gasteiger charge is -2.25. The van der Waals surface area contributed by atoms with E-state index in [-0.39, 0.29) is 48.3 Å². The molecule has 5 rings (SSSR count). The van der Waals surface area contributed by atoms with Gasteiger partial charge in [-0.05, 0) is 39.5 Å². The van der Waals surface area contributed by atoms with E-state index < -0.39 is 23.9 Å². The lowest BCUT2D eigenvalue weighted by atomic mass is 9.93. The molecule has 0 amide bonds. The lowest BCUT2D eigenvalue weighted by Crippen LogP contribution is -2.39. The number of rotatable bonds is 6. The fourth-order valence-corrected chi connectivity index (χ4v) is 7.94. The van der Waals surface area contributed by atoms with Crippen LogP contribution in [0.1, 0.15) is 74.5 Å². The van der Waals surface area contributed by atoms with Crippen LogP contribution >= 0.6 is 21.6 Å².